The highest BCUT2D eigenvalue weighted by molar-refractivity contribution is 5.23. The minimum atomic E-state index is 0.0745. The molecule has 1 heterocycles. The first-order valence-corrected chi connectivity index (χ1v) is 3.44. The van der Waals surface area contributed by atoms with Gasteiger partial charge in [0.25, 0.3) is 0 Å². The molecular weight excluding hydrogens is 142 g/mol. The van der Waals surface area contributed by atoms with Crippen molar-refractivity contribution in [3.8, 4) is 0 Å². The monoisotopic (exact) mass is 155 g/mol. The van der Waals surface area contributed by atoms with Gasteiger partial charge in [0.1, 0.15) is 6.23 Å². The molecule has 0 amide bonds. The number of hydrogen-bond acceptors (Lipinski definition) is 4. The lowest BCUT2D eigenvalue weighted by Crippen LogP contribution is -2.41. The summed E-state index contributed by atoms with van der Waals surface area (Å²) in [5.41, 5.74) is 0. The van der Waals surface area contributed by atoms with Gasteiger partial charge in [0, 0.05) is 33.3 Å². The number of methoxy groups -OCH3 is 1. The van der Waals surface area contributed by atoms with Gasteiger partial charge in [-0.3, -0.25) is 5.01 Å². The molecule has 0 aliphatic carbocycles. The van der Waals surface area contributed by atoms with Gasteiger partial charge in [-0.15, -0.1) is 0 Å². The number of rotatable bonds is 2. The van der Waals surface area contributed by atoms with E-state index in [0.29, 0.717) is 0 Å². The van der Waals surface area contributed by atoms with Gasteiger partial charge < -0.3 is 9.64 Å². The molecule has 1 aliphatic rings. The van der Waals surface area contributed by atoms with Crippen LogP contribution in [0.2, 0.25) is 0 Å². The Morgan fingerprint density at radius 1 is 1.64 bits per heavy atom. The first-order valence-electron chi connectivity index (χ1n) is 3.44. The van der Waals surface area contributed by atoms with Gasteiger partial charge in [0.2, 0.25) is 0 Å². The second-order valence-electron chi connectivity index (χ2n) is 2.42. The van der Waals surface area contributed by atoms with E-state index in [9.17, 15) is 0 Å². The van der Waals surface area contributed by atoms with E-state index in [-0.39, 0.29) is 6.23 Å². The quantitative estimate of drug-likeness (QED) is 0.537. The first kappa shape index (κ1) is 8.07. The van der Waals surface area contributed by atoms with Gasteiger partial charge in [0.05, 0.1) is 6.54 Å². The summed E-state index contributed by atoms with van der Waals surface area (Å²) in [7, 11) is 3.65. The molecule has 1 unspecified atom stereocenters. The third-order valence-corrected chi connectivity index (χ3v) is 1.73. The molecule has 1 aliphatic heterocycles. The topological polar surface area (TPSA) is 28.1 Å². The molecule has 0 aromatic carbocycles. The number of ether oxygens (including phenoxy) is 1. The molecular formula is C7H13N3O. The fourth-order valence-corrected chi connectivity index (χ4v) is 0.973. The van der Waals surface area contributed by atoms with Crippen LogP contribution in [0, 0.1) is 0 Å². The van der Waals surface area contributed by atoms with E-state index in [1.165, 1.54) is 0 Å². The van der Waals surface area contributed by atoms with Crippen molar-refractivity contribution in [2.24, 2.45) is 5.10 Å². The van der Waals surface area contributed by atoms with Crippen molar-refractivity contribution in [2.75, 3.05) is 20.7 Å². The molecule has 4 nitrogen and oxygen atoms in total. The zero-order valence-electron chi connectivity index (χ0n) is 6.90. The van der Waals surface area contributed by atoms with Crippen molar-refractivity contribution in [2.45, 2.75) is 6.23 Å². The third-order valence-electron chi connectivity index (χ3n) is 1.73. The molecule has 11 heavy (non-hydrogen) atoms. The van der Waals surface area contributed by atoms with E-state index in [1.54, 1.807) is 12.1 Å². The summed E-state index contributed by atoms with van der Waals surface area (Å²) in [4.78, 5) is 1.99. The molecule has 0 saturated heterocycles. The van der Waals surface area contributed by atoms with Crippen LogP contribution in [0.5, 0.6) is 0 Å². The lowest BCUT2D eigenvalue weighted by Gasteiger charge is -2.32. The van der Waals surface area contributed by atoms with Crippen LogP contribution in [-0.4, -0.2) is 43.6 Å². The summed E-state index contributed by atoms with van der Waals surface area (Å²) in [6, 6.07) is 0. The average molecular weight is 155 g/mol. The maximum atomic E-state index is 5.18. The van der Waals surface area contributed by atoms with Gasteiger partial charge in [-0.05, 0) is 0 Å². The zero-order chi connectivity index (χ0) is 8.27. The molecule has 1 rings (SSSR count). The molecule has 0 saturated carbocycles. The SMILES string of the molecule is C=NN1C=CN(C)C(OC)C1. The number of hydrazone groups is 1. The van der Waals surface area contributed by atoms with Crippen molar-refractivity contribution >= 4 is 6.72 Å². The highest BCUT2D eigenvalue weighted by atomic mass is 16.5. The van der Waals surface area contributed by atoms with Crippen LogP contribution >= 0.6 is 0 Å². The van der Waals surface area contributed by atoms with Crippen LogP contribution in [0.1, 0.15) is 0 Å². The standard InChI is InChI=1S/C7H13N3O/c1-8-10-5-4-9(2)7(6-10)11-3/h4-5,7H,1,6H2,2-3H3. The molecule has 0 bridgehead atoms. The van der Waals surface area contributed by atoms with Crippen LogP contribution in [0.3, 0.4) is 0 Å². The van der Waals surface area contributed by atoms with Crippen molar-refractivity contribution in [3.05, 3.63) is 12.4 Å². The highest BCUT2D eigenvalue weighted by Crippen LogP contribution is 2.08. The van der Waals surface area contributed by atoms with E-state index in [0.717, 1.165) is 6.54 Å². The lowest BCUT2D eigenvalue weighted by molar-refractivity contribution is -0.0191. The molecule has 1 atom stereocenters. The lowest BCUT2D eigenvalue weighted by atomic mass is 10.4. The maximum Gasteiger partial charge on any atom is 0.148 e. The number of likely N-dealkylation sites (N-methyl/N-ethyl adjacent to an activating group) is 1. The predicted molar refractivity (Wildman–Crippen MR) is 44.0 cm³/mol. The largest absolute Gasteiger partial charge is 0.360 e. The Hall–Kier alpha value is -1.03. The molecule has 0 fully saturated rings. The molecule has 0 N–H and O–H groups in total. The minimum Gasteiger partial charge on any atom is -0.360 e. The first-order chi connectivity index (χ1) is 5.27. The summed E-state index contributed by atoms with van der Waals surface area (Å²) in [6.45, 7) is 4.16. The molecule has 0 spiro atoms. The van der Waals surface area contributed by atoms with E-state index in [2.05, 4.69) is 11.8 Å². The van der Waals surface area contributed by atoms with Crippen LogP contribution in [0.25, 0.3) is 0 Å². The van der Waals surface area contributed by atoms with Gasteiger partial charge in [0.15, 0.2) is 0 Å². The van der Waals surface area contributed by atoms with Crippen LogP contribution in [0.4, 0.5) is 0 Å². The Labute approximate surface area is 66.7 Å². The van der Waals surface area contributed by atoms with Crippen LogP contribution in [-0.2, 0) is 4.74 Å². The Bertz CT molecular complexity index is 169. The summed E-state index contributed by atoms with van der Waals surface area (Å²) in [5, 5.41) is 5.51. The number of nitrogens with zero attached hydrogens (tertiary/aromatic N) is 3. The molecule has 0 aromatic heterocycles. The molecule has 0 aromatic rings. The third kappa shape index (κ3) is 1.71. The Balaban J connectivity index is 2.59. The molecule has 62 valence electrons. The van der Waals surface area contributed by atoms with Gasteiger partial charge in [-0.25, -0.2) is 0 Å². The van der Waals surface area contributed by atoms with Crippen molar-refractivity contribution in [1.82, 2.24) is 9.91 Å². The van der Waals surface area contributed by atoms with Gasteiger partial charge in [-0.2, -0.15) is 5.10 Å². The summed E-state index contributed by atoms with van der Waals surface area (Å²) < 4.78 is 5.18. The van der Waals surface area contributed by atoms with Gasteiger partial charge >= 0.3 is 0 Å². The normalized spacial score (nSPS) is 24.0. The predicted octanol–water partition coefficient (Wildman–Crippen LogP) is 0.293. The maximum absolute atomic E-state index is 5.18. The van der Waals surface area contributed by atoms with E-state index >= 15 is 0 Å². The summed E-state index contributed by atoms with van der Waals surface area (Å²) in [6.07, 6.45) is 3.85. The van der Waals surface area contributed by atoms with Crippen molar-refractivity contribution < 1.29 is 4.74 Å². The van der Waals surface area contributed by atoms with Crippen molar-refractivity contribution in [1.29, 1.82) is 0 Å². The average Bonchev–Trinajstić information content (AvgIpc) is 2.05. The van der Waals surface area contributed by atoms with Crippen LogP contribution in [0.15, 0.2) is 17.5 Å². The van der Waals surface area contributed by atoms with E-state index in [4.69, 9.17) is 4.74 Å². The number of hydrogen-bond donors (Lipinski definition) is 0. The van der Waals surface area contributed by atoms with Gasteiger partial charge in [-0.1, -0.05) is 0 Å². The highest BCUT2D eigenvalue weighted by Gasteiger charge is 2.17. The summed E-state index contributed by atoms with van der Waals surface area (Å²) >= 11 is 0. The zero-order valence-corrected chi connectivity index (χ0v) is 6.90. The molecule has 4 heteroatoms. The Morgan fingerprint density at radius 2 is 2.36 bits per heavy atom. The fraction of sp³-hybridized carbons (Fsp3) is 0.571. The minimum absolute atomic E-state index is 0.0745. The fourth-order valence-electron chi connectivity index (χ4n) is 0.973. The van der Waals surface area contributed by atoms with E-state index in [1.807, 2.05) is 24.3 Å². The Morgan fingerprint density at radius 3 is 2.91 bits per heavy atom. The van der Waals surface area contributed by atoms with E-state index < -0.39 is 0 Å². The van der Waals surface area contributed by atoms with Crippen molar-refractivity contribution in [3.63, 3.8) is 0 Å². The summed E-state index contributed by atoms with van der Waals surface area (Å²) in [5.74, 6) is 0. The smallest absolute Gasteiger partial charge is 0.148 e. The second kappa shape index (κ2) is 3.39. The Kier molecular flexibility index (Phi) is 2.48. The second-order valence-corrected chi connectivity index (χ2v) is 2.42. The molecule has 0 radical (unpaired) electrons. The van der Waals surface area contributed by atoms with Crippen LogP contribution < -0.4 is 0 Å².